The Morgan fingerprint density at radius 3 is 2.33 bits per heavy atom. The molecule has 3 aromatic rings. The lowest BCUT2D eigenvalue weighted by Crippen LogP contribution is -2.38. The first-order valence-electron chi connectivity index (χ1n) is 10.8. The van der Waals surface area contributed by atoms with Crippen LogP contribution in [-0.4, -0.2) is 37.7 Å². The monoisotopic (exact) mass is 485 g/mol. The summed E-state index contributed by atoms with van der Waals surface area (Å²) < 4.78 is 1.83. The molecule has 9 heteroatoms. The first-order chi connectivity index (χ1) is 15.5. The van der Waals surface area contributed by atoms with Crippen molar-refractivity contribution in [3.8, 4) is 6.07 Å². The number of nitrogens with zero attached hydrogens (tertiary/aromatic N) is 7. The summed E-state index contributed by atoms with van der Waals surface area (Å²) in [4.78, 5) is 13.0. The zero-order valence-corrected chi connectivity index (χ0v) is 21.6. The first kappa shape index (κ1) is 24.8. The molecule has 0 aliphatic rings. The van der Waals surface area contributed by atoms with Crippen molar-refractivity contribution >= 4 is 39.9 Å². The summed E-state index contributed by atoms with van der Waals surface area (Å²) in [6.07, 6.45) is 1.53. The van der Waals surface area contributed by atoms with Gasteiger partial charge in [-0.25, -0.2) is 9.97 Å². The van der Waals surface area contributed by atoms with Gasteiger partial charge in [0, 0.05) is 31.2 Å². The molecule has 0 atom stereocenters. The lowest BCUT2D eigenvalue weighted by atomic mass is 9.98. The van der Waals surface area contributed by atoms with Crippen LogP contribution in [0.5, 0.6) is 0 Å². The van der Waals surface area contributed by atoms with Gasteiger partial charge < -0.3 is 9.80 Å². The highest BCUT2D eigenvalue weighted by molar-refractivity contribution is 6.32. The van der Waals surface area contributed by atoms with E-state index in [1.807, 2.05) is 49.3 Å². The Balaban J connectivity index is 2.05. The van der Waals surface area contributed by atoms with E-state index in [0.29, 0.717) is 28.6 Å². The molecule has 0 aromatic carbocycles. The van der Waals surface area contributed by atoms with Crippen LogP contribution < -0.4 is 4.90 Å². The minimum atomic E-state index is 0.0305. The van der Waals surface area contributed by atoms with Gasteiger partial charge >= 0.3 is 0 Å². The molecule has 0 saturated heterocycles. The van der Waals surface area contributed by atoms with Crippen LogP contribution in [-0.2, 0) is 13.6 Å². The van der Waals surface area contributed by atoms with Gasteiger partial charge in [0.2, 0.25) is 0 Å². The maximum Gasteiger partial charge on any atom is 0.158 e. The van der Waals surface area contributed by atoms with Gasteiger partial charge in [-0.1, -0.05) is 37.0 Å². The maximum absolute atomic E-state index is 9.56. The lowest BCUT2D eigenvalue weighted by Gasteiger charge is -2.36. The fraction of sp³-hybridized carbons (Fsp3) is 0.417. The summed E-state index contributed by atoms with van der Waals surface area (Å²) in [6.45, 7) is 11.0. The van der Waals surface area contributed by atoms with E-state index in [9.17, 15) is 5.26 Å². The Morgan fingerprint density at radius 1 is 1.15 bits per heavy atom. The molecule has 3 heterocycles. The van der Waals surface area contributed by atoms with E-state index < -0.39 is 0 Å². The molecule has 33 heavy (non-hydrogen) atoms. The second-order valence-electron chi connectivity index (χ2n) is 8.69. The summed E-state index contributed by atoms with van der Waals surface area (Å²) >= 11 is 12.3. The number of halogens is 2. The number of aromatic nitrogens is 4. The highest BCUT2D eigenvalue weighted by Crippen LogP contribution is 2.31. The zero-order chi connectivity index (χ0) is 24.4. The van der Waals surface area contributed by atoms with E-state index in [-0.39, 0.29) is 6.04 Å². The Bertz CT molecular complexity index is 1220. The number of pyridine rings is 2. The fourth-order valence-corrected chi connectivity index (χ4v) is 4.55. The van der Waals surface area contributed by atoms with Crippen molar-refractivity contribution in [1.82, 2.24) is 24.6 Å². The van der Waals surface area contributed by atoms with Gasteiger partial charge in [-0.15, -0.1) is 0 Å². The van der Waals surface area contributed by atoms with Gasteiger partial charge in [0.1, 0.15) is 16.1 Å². The third-order valence-corrected chi connectivity index (χ3v) is 5.83. The Morgan fingerprint density at radius 2 is 1.79 bits per heavy atom. The summed E-state index contributed by atoms with van der Waals surface area (Å²) in [5, 5.41) is 15.8. The number of allylic oxidation sites excluding steroid dienone is 1. The summed E-state index contributed by atoms with van der Waals surface area (Å²) in [5.74, 6) is 1.03. The normalized spacial score (nSPS) is 12.0. The van der Waals surface area contributed by atoms with Crippen LogP contribution in [0, 0.1) is 18.3 Å². The zero-order valence-electron chi connectivity index (χ0n) is 20.1. The Hall–Kier alpha value is -2.82. The topological polar surface area (TPSA) is 73.9 Å². The van der Waals surface area contributed by atoms with Gasteiger partial charge in [-0.2, -0.15) is 10.4 Å². The standard InChI is InChI=1S/C24H29Cl2N7/c1-14(2)19-10-17(28-24-23(19)16(5)30-32(24)7)13-31(6)22(8-9-27)33(15(3)4)18-11-20(25)29-21(26)12-18/h8,10-12,14-15H,13H2,1-7H3/b22-8+. The molecule has 3 rings (SSSR count). The van der Waals surface area contributed by atoms with Crippen molar-refractivity contribution in [2.24, 2.45) is 7.05 Å². The number of rotatable bonds is 7. The van der Waals surface area contributed by atoms with Crippen molar-refractivity contribution in [2.45, 2.75) is 53.1 Å². The predicted molar refractivity (Wildman–Crippen MR) is 134 cm³/mol. The largest absolute Gasteiger partial charge is 0.355 e. The fourth-order valence-electron chi connectivity index (χ4n) is 4.10. The summed E-state index contributed by atoms with van der Waals surface area (Å²) in [5.41, 5.74) is 4.72. The molecule has 174 valence electrons. The van der Waals surface area contributed by atoms with Crippen LogP contribution in [0.15, 0.2) is 30.1 Å². The van der Waals surface area contributed by atoms with Crippen LogP contribution >= 0.6 is 23.2 Å². The SMILES string of the molecule is Cc1nn(C)c2nc(CN(C)/C(=C\C#N)N(c3cc(Cl)nc(Cl)c3)C(C)C)cc(C(C)C)c12. The molecule has 0 fully saturated rings. The number of hydrogen-bond donors (Lipinski definition) is 0. The Kier molecular flexibility index (Phi) is 7.51. The molecule has 0 saturated carbocycles. The van der Waals surface area contributed by atoms with Crippen LogP contribution in [0.1, 0.15) is 50.6 Å². The summed E-state index contributed by atoms with van der Waals surface area (Å²) in [7, 11) is 3.86. The van der Waals surface area contributed by atoms with Gasteiger partial charge in [0.05, 0.1) is 30.1 Å². The van der Waals surface area contributed by atoms with Crippen molar-refractivity contribution in [2.75, 3.05) is 11.9 Å². The molecular formula is C24H29Cl2N7. The molecule has 0 amide bonds. The van der Waals surface area contributed by atoms with Gasteiger partial charge in [-0.05, 0) is 50.5 Å². The van der Waals surface area contributed by atoms with Crippen LogP contribution in [0.25, 0.3) is 11.0 Å². The van der Waals surface area contributed by atoms with E-state index in [4.69, 9.17) is 28.2 Å². The first-order valence-corrected chi connectivity index (χ1v) is 11.5. The Labute approximate surface area is 205 Å². The molecule has 0 aliphatic carbocycles. The van der Waals surface area contributed by atoms with E-state index in [1.165, 1.54) is 11.6 Å². The molecular weight excluding hydrogens is 457 g/mol. The number of nitriles is 1. The lowest BCUT2D eigenvalue weighted by molar-refractivity contribution is 0.384. The van der Waals surface area contributed by atoms with Gasteiger partial charge in [-0.3, -0.25) is 4.68 Å². The van der Waals surface area contributed by atoms with Crippen molar-refractivity contribution in [3.63, 3.8) is 0 Å². The minimum Gasteiger partial charge on any atom is -0.355 e. The van der Waals surface area contributed by atoms with Crippen LogP contribution in [0.2, 0.25) is 10.3 Å². The minimum absolute atomic E-state index is 0.0305. The molecule has 0 aliphatic heterocycles. The molecule has 3 aromatic heterocycles. The number of aryl methyl sites for hydroxylation is 2. The number of anilines is 1. The van der Waals surface area contributed by atoms with Crippen molar-refractivity contribution in [3.05, 3.63) is 57.4 Å². The van der Waals surface area contributed by atoms with Crippen LogP contribution in [0.3, 0.4) is 0 Å². The quantitative estimate of drug-likeness (QED) is 0.310. The average Bonchev–Trinajstić information content (AvgIpc) is 2.99. The number of hydrogen-bond acceptors (Lipinski definition) is 6. The predicted octanol–water partition coefficient (Wildman–Crippen LogP) is 5.81. The molecule has 0 unspecified atom stereocenters. The maximum atomic E-state index is 9.56. The second-order valence-corrected chi connectivity index (χ2v) is 9.46. The second kappa shape index (κ2) is 9.98. The van der Waals surface area contributed by atoms with Gasteiger partial charge in [0.15, 0.2) is 5.65 Å². The summed E-state index contributed by atoms with van der Waals surface area (Å²) in [6, 6.07) is 7.83. The molecule has 0 bridgehead atoms. The molecule has 7 nitrogen and oxygen atoms in total. The van der Waals surface area contributed by atoms with E-state index >= 15 is 0 Å². The smallest absolute Gasteiger partial charge is 0.158 e. The van der Waals surface area contributed by atoms with Crippen LogP contribution in [0.4, 0.5) is 5.69 Å². The number of fused-ring (bicyclic) bond motifs is 1. The van der Waals surface area contributed by atoms with Crippen molar-refractivity contribution in [1.29, 1.82) is 5.26 Å². The average molecular weight is 486 g/mol. The third kappa shape index (κ3) is 5.23. The molecule has 0 radical (unpaired) electrons. The highest BCUT2D eigenvalue weighted by Gasteiger charge is 2.22. The molecule has 0 spiro atoms. The highest BCUT2D eigenvalue weighted by atomic mass is 35.5. The van der Waals surface area contributed by atoms with Crippen molar-refractivity contribution < 1.29 is 0 Å². The van der Waals surface area contributed by atoms with E-state index in [1.54, 1.807) is 12.1 Å². The third-order valence-electron chi connectivity index (χ3n) is 5.45. The van der Waals surface area contributed by atoms with Gasteiger partial charge in [0.25, 0.3) is 0 Å². The van der Waals surface area contributed by atoms with E-state index in [2.05, 4.69) is 36.1 Å². The van der Waals surface area contributed by atoms with E-state index in [0.717, 1.165) is 28.1 Å². The molecule has 0 N–H and O–H groups in total.